The quantitative estimate of drug-likeness (QED) is 0.884. The van der Waals surface area contributed by atoms with Gasteiger partial charge in [-0.1, -0.05) is 29.8 Å². The Bertz CT molecular complexity index is 797. The van der Waals surface area contributed by atoms with Crippen molar-refractivity contribution in [2.75, 3.05) is 4.72 Å². The van der Waals surface area contributed by atoms with Crippen LogP contribution in [-0.4, -0.2) is 20.4 Å². The molecule has 0 fully saturated rings. The summed E-state index contributed by atoms with van der Waals surface area (Å²) in [6, 6.07) is 13.0. The third-order valence-electron chi connectivity index (χ3n) is 3.17. The molecule has 0 saturated carbocycles. The Morgan fingerprint density at radius 1 is 1.00 bits per heavy atom. The lowest BCUT2D eigenvalue weighted by Gasteiger charge is -2.14. The zero-order valence-corrected chi connectivity index (χ0v) is 14.1. The first-order valence-electron chi connectivity index (χ1n) is 7.29. The van der Waals surface area contributed by atoms with Crippen LogP contribution in [0.4, 0.5) is 5.69 Å². The Hall–Kier alpha value is -2.34. The van der Waals surface area contributed by atoms with E-state index in [2.05, 4.69) is 10.0 Å². The first-order chi connectivity index (χ1) is 10.8. The van der Waals surface area contributed by atoms with Gasteiger partial charge in [0, 0.05) is 6.04 Å². The van der Waals surface area contributed by atoms with E-state index in [0.29, 0.717) is 0 Å². The summed E-state index contributed by atoms with van der Waals surface area (Å²) in [5.41, 5.74) is 1.52. The minimum atomic E-state index is -3.74. The molecule has 122 valence electrons. The van der Waals surface area contributed by atoms with Crippen LogP contribution < -0.4 is 10.0 Å². The molecule has 0 aliphatic heterocycles. The fourth-order valence-corrected chi connectivity index (χ4v) is 3.11. The molecule has 0 radical (unpaired) electrons. The lowest BCUT2D eigenvalue weighted by atomic mass is 10.1. The van der Waals surface area contributed by atoms with Crippen LogP contribution in [-0.2, 0) is 10.0 Å². The van der Waals surface area contributed by atoms with Gasteiger partial charge < -0.3 is 5.32 Å². The third-order valence-corrected chi connectivity index (χ3v) is 4.55. The molecule has 0 unspecified atom stereocenters. The van der Waals surface area contributed by atoms with E-state index in [1.807, 2.05) is 20.8 Å². The van der Waals surface area contributed by atoms with E-state index < -0.39 is 10.0 Å². The zero-order valence-electron chi connectivity index (χ0n) is 13.3. The van der Waals surface area contributed by atoms with E-state index in [-0.39, 0.29) is 28.1 Å². The molecule has 0 saturated heterocycles. The molecule has 1 amide bonds. The predicted molar refractivity (Wildman–Crippen MR) is 91.0 cm³/mol. The van der Waals surface area contributed by atoms with Crippen LogP contribution >= 0.6 is 0 Å². The first kappa shape index (κ1) is 17.0. The van der Waals surface area contributed by atoms with Gasteiger partial charge in [-0.15, -0.1) is 0 Å². The molecular formula is C17H20N2O3S. The highest BCUT2D eigenvalue weighted by atomic mass is 32.2. The van der Waals surface area contributed by atoms with Gasteiger partial charge in [-0.3, -0.25) is 9.52 Å². The van der Waals surface area contributed by atoms with Gasteiger partial charge in [-0.2, -0.15) is 0 Å². The maximum absolute atomic E-state index is 12.5. The predicted octanol–water partition coefficient (Wildman–Crippen LogP) is 2.93. The van der Waals surface area contributed by atoms with Crippen LogP contribution in [0.15, 0.2) is 53.4 Å². The van der Waals surface area contributed by atoms with Crippen molar-refractivity contribution < 1.29 is 13.2 Å². The van der Waals surface area contributed by atoms with Crippen molar-refractivity contribution in [2.45, 2.75) is 31.7 Å². The van der Waals surface area contributed by atoms with Crippen LogP contribution in [0.1, 0.15) is 29.8 Å². The summed E-state index contributed by atoms with van der Waals surface area (Å²) in [7, 11) is -3.74. The fraction of sp³-hybridized carbons (Fsp3) is 0.235. The van der Waals surface area contributed by atoms with E-state index in [1.54, 1.807) is 36.4 Å². The molecule has 6 heteroatoms. The van der Waals surface area contributed by atoms with E-state index in [1.165, 1.54) is 12.1 Å². The SMILES string of the molecule is Cc1ccc(S(=O)(=O)Nc2ccccc2C(=O)NC(C)C)cc1. The molecule has 0 aromatic heterocycles. The first-order valence-corrected chi connectivity index (χ1v) is 8.77. The summed E-state index contributed by atoms with van der Waals surface area (Å²) in [5.74, 6) is -0.317. The highest BCUT2D eigenvalue weighted by Crippen LogP contribution is 2.20. The van der Waals surface area contributed by atoms with Gasteiger partial charge in [0.1, 0.15) is 0 Å². The van der Waals surface area contributed by atoms with E-state index in [9.17, 15) is 13.2 Å². The van der Waals surface area contributed by atoms with Gasteiger partial charge in [-0.05, 0) is 45.0 Å². The van der Waals surface area contributed by atoms with E-state index in [0.717, 1.165) is 5.56 Å². The van der Waals surface area contributed by atoms with Crippen LogP contribution in [0.5, 0.6) is 0 Å². The highest BCUT2D eigenvalue weighted by molar-refractivity contribution is 7.92. The number of carbonyl (C=O) groups excluding carboxylic acids is 1. The number of rotatable bonds is 5. The van der Waals surface area contributed by atoms with Crippen molar-refractivity contribution in [2.24, 2.45) is 0 Å². The summed E-state index contributed by atoms with van der Waals surface area (Å²) in [5, 5.41) is 2.76. The number of hydrogen-bond acceptors (Lipinski definition) is 3. The number of amides is 1. The van der Waals surface area contributed by atoms with E-state index in [4.69, 9.17) is 0 Å². The number of sulfonamides is 1. The Morgan fingerprint density at radius 3 is 2.22 bits per heavy atom. The van der Waals surface area contributed by atoms with Crippen molar-refractivity contribution in [3.8, 4) is 0 Å². The van der Waals surface area contributed by atoms with Gasteiger partial charge in [-0.25, -0.2) is 8.42 Å². The lowest BCUT2D eigenvalue weighted by Crippen LogP contribution is -2.31. The second-order valence-corrected chi connectivity index (χ2v) is 7.27. The number of hydrogen-bond donors (Lipinski definition) is 2. The zero-order chi connectivity index (χ0) is 17.0. The van der Waals surface area contributed by atoms with Gasteiger partial charge in [0.15, 0.2) is 0 Å². The van der Waals surface area contributed by atoms with Crippen LogP contribution in [0.25, 0.3) is 0 Å². The highest BCUT2D eigenvalue weighted by Gasteiger charge is 2.18. The average Bonchev–Trinajstić information content (AvgIpc) is 2.47. The number of nitrogens with one attached hydrogen (secondary N) is 2. The molecule has 2 rings (SSSR count). The number of para-hydroxylation sites is 1. The van der Waals surface area contributed by atoms with Gasteiger partial charge in [0.2, 0.25) is 0 Å². The molecule has 2 aromatic rings. The molecule has 2 N–H and O–H groups in total. The van der Waals surface area contributed by atoms with Gasteiger partial charge in [0.05, 0.1) is 16.1 Å². The van der Waals surface area contributed by atoms with Crippen molar-refractivity contribution in [1.29, 1.82) is 0 Å². The third kappa shape index (κ3) is 4.32. The summed E-state index contributed by atoms with van der Waals surface area (Å²) in [6.45, 7) is 5.57. The fourth-order valence-electron chi connectivity index (χ4n) is 2.03. The van der Waals surface area contributed by atoms with Crippen LogP contribution in [0.2, 0.25) is 0 Å². The number of aryl methyl sites for hydroxylation is 1. The average molecular weight is 332 g/mol. The monoisotopic (exact) mass is 332 g/mol. The second-order valence-electron chi connectivity index (χ2n) is 5.59. The summed E-state index contributed by atoms with van der Waals surface area (Å²) >= 11 is 0. The largest absolute Gasteiger partial charge is 0.350 e. The van der Waals surface area contributed by atoms with Crippen molar-refractivity contribution in [1.82, 2.24) is 5.32 Å². The van der Waals surface area contributed by atoms with E-state index >= 15 is 0 Å². The molecule has 0 atom stereocenters. The topological polar surface area (TPSA) is 75.3 Å². The molecule has 0 spiro atoms. The van der Waals surface area contributed by atoms with Crippen molar-refractivity contribution in [3.05, 3.63) is 59.7 Å². The molecule has 0 aliphatic rings. The van der Waals surface area contributed by atoms with Gasteiger partial charge >= 0.3 is 0 Å². The number of benzene rings is 2. The Kier molecular flexibility index (Phi) is 5.05. The lowest BCUT2D eigenvalue weighted by molar-refractivity contribution is 0.0944. The summed E-state index contributed by atoms with van der Waals surface area (Å²) < 4.78 is 27.4. The summed E-state index contributed by atoms with van der Waals surface area (Å²) in [6.07, 6.45) is 0. The van der Waals surface area contributed by atoms with Gasteiger partial charge in [0.25, 0.3) is 15.9 Å². The smallest absolute Gasteiger partial charge is 0.261 e. The van der Waals surface area contributed by atoms with Crippen LogP contribution in [0, 0.1) is 6.92 Å². The van der Waals surface area contributed by atoms with Crippen molar-refractivity contribution in [3.63, 3.8) is 0 Å². The molecule has 0 bridgehead atoms. The molecule has 23 heavy (non-hydrogen) atoms. The van der Waals surface area contributed by atoms with Crippen LogP contribution in [0.3, 0.4) is 0 Å². The normalized spacial score (nSPS) is 11.3. The maximum atomic E-state index is 12.5. The second kappa shape index (κ2) is 6.83. The molecule has 2 aromatic carbocycles. The summed E-state index contributed by atoms with van der Waals surface area (Å²) in [4.78, 5) is 12.4. The molecule has 0 heterocycles. The Balaban J connectivity index is 2.33. The maximum Gasteiger partial charge on any atom is 0.261 e. The number of carbonyl (C=O) groups is 1. The Morgan fingerprint density at radius 2 is 1.61 bits per heavy atom. The van der Waals surface area contributed by atoms with Crippen molar-refractivity contribution >= 4 is 21.6 Å². The molecular weight excluding hydrogens is 312 g/mol. The number of anilines is 1. The standard InChI is InChI=1S/C17H20N2O3S/c1-12(2)18-17(20)15-6-4-5-7-16(15)19-23(21,22)14-10-8-13(3)9-11-14/h4-12,19H,1-3H3,(H,18,20). The molecule has 5 nitrogen and oxygen atoms in total. The minimum absolute atomic E-state index is 0.0377. The Labute approximate surface area is 136 Å². The molecule has 0 aliphatic carbocycles. The minimum Gasteiger partial charge on any atom is -0.350 e.